The van der Waals surface area contributed by atoms with E-state index in [9.17, 15) is 10.5 Å². The van der Waals surface area contributed by atoms with Gasteiger partial charge in [0.15, 0.2) is 0 Å². The third kappa shape index (κ3) is 3.33. The number of hydrogen-bond acceptors (Lipinski definition) is 2. The smallest absolute Gasteiger partial charge is 0.0999 e. The molecule has 0 atom stereocenters. The number of aromatic nitrogens is 2. The van der Waals surface area contributed by atoms with Crippen LogP contribution in [-0.2, 0) is 0 Å². The first-order chi connectivity index (χ1) is 20.8. The fourth-order valence-electron chi connectivity index (χ4n) is 6.48. The Balaban J connectivity index is 1.54. The Morgan fingerprint density at radius 1 is 0.429 bits per heavy atom. The molecule has 194 valence electrons. The average molecular weight is 535 g/mol. The van der Waals surface area contributed by atoms with E-state index in [1.807, 2.05) is 42.5 Å². The molecule has 0 bridgehead atoms. The molecule has 0 spiro atoms. The first kappa shape index (κ1) is 23.8. The molecule has 4 nitrogen and oxygen atoms in total. The first-order valence-corrected chi connectivity index (χ1v) is 13.8. The van der Waals surface area contributed by atoms with Gasteiger partial charge in [-0.3, -0.25) is 0 Å². The van der Waals surface area contributed by atoms with E-state index >= 15 is 0 Å². The number of benzene rings is 6. The van der Waals surface area contributed by atoms with E-state index in [-0.39, 0.29) is 0 Å². The quantitative estimate of drug-likeness (QED) is 0.227. The highest BCUT2D eigenvalue weighted by Crippen LogP contribution is 2.42. The second-order valence-corrected chi connectivity index (χ2v) is 10.4. The van der Waals surface area contributed by atoms with Gasteiger partial charge in [-0.1, -0.05) is 91.0 Å². The average Bonchev–Trinajstić information content (AvgIpc) is 3.57. The maximum atomic E-state index is 10.5. The molecule has 4 heteroatoms. The van der Waals surface area contributed by atoms with Crippen molar-refractivity contribution in [2.45, 2.75) is 0 Å². The van der Waals surface area contributed by atoms with E-state index < -0.39 is 0 Å². The van der Waals surface area contributed by atoms with E-state index in [1.165, 1.54) is 10.8 Å². The number of rotatable bonds is 3. The summed E-state index contributed by atoms with van der Waals surface area (Å²) in [5.74, 6) is 0. The Kier molecular flexibility index (Phi) is 5.22. The van der Waals surface area contributed by atoms with Gasteiger partial charge in [0.25, 0.3) is 0 Å². The zero-order chi connectivity index (χ0) is 28.2. The Hall–Kier alpha value is -6.10. The molecule has 0 fully saturated rings. The molecule has 0 aliphatic rings. The standard InChI is InChI=1S/C38H22N4/c39-23-25-21-26(24-40)38(37(22-25)42-34-18-8-3-13-29(34)30-14-4-9-19-35(30)42)31-15-5-10-20-36(31)41-32-16-6-1-11-27(32)28-12-2-7-17-33(28)41/h1-22H. The maximum Gasteiger partial charge on any atom is 0.0999 e. The lowest BCUT2D eigenvalue weighted by molar-refractivity contribution is 1.15. The summed E-state index contributed by atoms with van der Waals surface area (Å²) < 4.78 is 4.49. The van der Waals surface area contributed by atoms with Gasteiger partial charge in [0, 0.05) is 32.7 Å². The van der Waals surface area contributed by atoms with Crippen molar-refractivity contribution in [2.75, 3.05) is 0 Å². The predicted octanol–water partition coefficient (Wildman–Crippen LogP) is 9.29. The predicted molar refractivity (Wildman–Crippen MR) is 170 cm³/mol. The number of nitrogens with zero attached hydrogens (tertiary/aromatic N) is 4. The van der Waals surface area contributed by atoms with Gasteiger partial charge in [0.05, 0.1) is 56.7 Å². The molecule has 8 aromatic rings. The zero-order valence-electron chi connectivity index (χ0n) is 22.5. The maximum absolute atomic E-state index is 10.5. The van der Waals surface area contributed by atoms with Crippen molar-refractivity contribution in [1.82, 2.24) is 9.13 Å². The van der Waals surface area contributed by atoms with Gasteiger partial charge in [-0.2, -0.15) is 10.5 Å². The van der Waals surface area contributed by atoms with Crippen molar-refractivity contribution in [3.8, 4) is 34.6 Å². The van der Waals surface area contributed by atoms with Crippen LogP contribution in [0, 0.1) is 22.7 Å². The third-order valence-corrected chi connectivity index (χ3v) is 8.18. The fourth-order valence-corrected chi connectivity index (χ4v) is 6.48. The number of para-hydroxylation sites is 5. The highest BCUT2D eigenvalue weighted by atomic mass is 15.0. The molecule has 0 aliphatic heterocycles. The van der Waals surface area contributed by atoms with Crippen LogP contribution in [0.15, 0.2) is 133 Å². The lowest BCUT2D eigenvalue weighted by Gasteiger charge is -2.20. The molecular weight excluding hydrogens is 512 g/mol. The zero-order valence-corrected chi connectivity index (χ0v) is 22.5. The summed E-state index contributed by atoms with van der Waals surface area (Å²) in [6, 6.07) is 50.1. The molecule has 2 heterocycles. The Morgan fingerprint density at radius 3 is 1.33 bits per heavy atom. The third-order valence-electron chi connectivity index (χ3n) is 8.18. The number of hydrogen-bond donors (Lipinski definition) is 0. The SMILES string of the molecule is N#Cc1cc(C#N)c(-c2ccccc2-n2c3ccccc3c3ccccc32)c(-n2c3ccccc3c3ccccc32)c1. The molecule has 2 aromatic heterocycles. The van der Waals surface area contributed by atoms with Crippen LogP contribution in [0.25, 0.3) is 66.1 Å². The molecule has 8 rings (SSSR count). The van der Waals surface area contributed by atoms with E-state index in [2.05, 4.69) is 106 Å². The minimum absolute atomic E-state index is 0.446. The summed E-state index contributed by atoms with van der Waals surface area (Å²) in [6.07, 6.45) is 0. The Morgan fingerprint density at radius 2 is 0.857 bits per heavy atom. The Bertz CT molecular complexity index is 2340. The summed E-state index contributed by atoms with van der Waals surface area (Å²) >= 11 is 0. The van der Waals surface area contributed by atoms with Crippen LogP contribution in [0.2, 0.25) is 0 Å². The van der Waals surface area contributed by atoms with E-state index in [1.54, 1.807) is 6.07 Å². The van der Waals surface area contributed by atoms with Crippen LogP contribution in [0.3, 0.4) is 0 Å². The minimum Gasteiger partial charge on any atom is -0.309 e. The summed E-state index contributed by atoms with van der Waals surface area (Å²) in [4.78, 5) is 0. The van der Waals surface area contributed by atoms with Crippen LogP contribution in [0.1, 0.15) is 11.1 Å². The van der Waals surface area contributed by atoms with Crippen molar-refractivity contribution >= 4 is 43.6 Å². The highest BCUT2D eigenvalue weighted by molar-refractivity contribution is 6.11. The fraction of sp³-hybridized carbons (Fsp3) is 0. The number of nitriles is 2. The van der Waals surface area contributed by atoms with Crippen molar-refractivity contribution < 1.29 is 0 Å². The lowest BCUT2D eigenvalue weighted by Crippen LogP contribution is -2.04. The summed E-state index contributed by atoms with van der Waals surface area (Å²) in [6.45, 7) is 0. The molecule has 0 radical (unpaired) electrons. The second-order valence-electron chi connectivity index (χ2n) is 10.4. The summed E-state index contributed by atoms with van der Waals surface area (Å²) in [5, 5.41) is 25.2. The molecule has 0 amide bonds. The molecule has 6 aromatic carbocycles. The molecule has 42 heavy (non-hydrogen) atoms. The van der Waals surface area contributed by atoms with Crippen molar-refractivity contribution in [1.29, 1.82) is 10.5 Å². The highest BCUT2D eigenvalue weighted by Gasteiger charge is 2.23. The van der Waals surface area contributed by atoms with Gasteiger partial charge in [-0.25, -0.2) is 0 Å². The number of fused-ring (bicyclic) bond motifs is 6. The van der Waals surface area contributed by atoms with Crippen LogP contribution < -0.4 is 0 Å². The normalized spacial score (nSPS) is 11.3. The van der Waals surface area contributed by atoms with Crippen LogP contribution >= 0.6 is 0 Å². The minimum atomic E-state index is 0.446. The van der Waals surface area contributed by atoms with E-state index in [0.29, 0.717) is 11.1 Å². The van der Waals surface area contributed by atoms with E-state index in [4.69, 9.17) is 0 Å². The van der Waals surface area contributed by atoms with Crippen molar-refractivity contribution in [3.05, 3.63) is 145 Å². The van der Waals surface area contributed by atoms with Gasteiger partial charge < -0.3 is 9.13 Å². The molecule has 0 saturated heterocycles. The molecule has 0 saturated carbocycles. The Labute approximate surface area is 242 Å². The van der Waals surface area contributed by atoms with Gasteiger partial charge in [0.2, 0.25) is 0 Å². The largest absolute Gasteiger partial charge is 0.309 e. The van der Waals surface area contributed by atoms with Gasteiger partial charge in [-0.05, 0) is 42.5 Å². The summed E-state index contributed by atoms with van der Waals surface area (Å²) in [5.41, 5.74) is 8.62. The molecule has 0 aliphatic carbocycles. The van der Waals surface area contributed by atoms with Gasteiger partial charge >= 0.3 is 0 Å². The lowest BCUT2D eigenvalue weighted by atomic mass is 9.94. The van der Waals surface area contributed by atoms with Gasteiger partial charge in [0.1, 0.15) is 0 Å². The molecular formula is C38H22N4. The van der Waals surface area contributed by atoms with Crippen LogP contribution in [-0.4, -0.2) is 9.13 Å². The second kappa shape index (κ2) is 9.24. The molecule has 0 unspecified atom stereocenters. The van der Waals surface area contributed by atoms with Crippen LogP contribution in [0.4, 0.5) is 0 Å². The van der Waals surface area contributed by atoms with Crippen molar-refractivity contribution in [3.63, 3.8) is 0 Å². The summed E-state index contributed by atoms with van der Waals surface area (Å²) in [7, 11) is 0. The monoisotopic (exact) mass is 534 g/mol. The first-order valence-electron chi connectivity index (χ1n) is 13.8. The van der Waals surface area contributed by atoms with E-state index in [0.717, 1.165) is 55.3 Å². The van der Waals surface area contributed by atoms with Crippen molar-refractivity contribution in [2.24, 2.45) is 0 Å². The molecule has 0 N–H and O–H groups in total. The van der Waals surface area contributed by atoms with Crippen LogP contribution in [0.5, 0.6) is 0 Å². The topological polar surface area (TPSA) is 57.4 Å². The van der Waals surface area contributed by atoms with Gasteiger partial charge in [-0.15, -0.1) is 0 Å².